The first-order chi connectivity index (χ1) is 9.49. The van der Waals surface area contributed by atoms with Crippen LogP contribution in [0.5, 0.6) is 0 Å². The van der Waals surface area contributed by atoms with E-state index in [0.717, 1.165) is 44.4 Å². The first-order valence-corrected chi connectivity index (χ1v) is 7.36. The summed E-state index contributed by atoms with van der Waals surface area (Å²) < 4.78 is 5.54. The van der Waals surface area contributed by atoms with Crippen LogP contribution in [0.1, 0.15) is 33.4 Å². The van der Waals surface area contributed by atoms with Crippen LogP contribution in [-0.2, 0) is 11.3 Å². The Labute approximate surface area is 121 Å². The van der Waals surface area contributed by atoms with E-state index in [2.05, 4.69) is 47.9 Å². The van der Waals surface area contributed by atoms with Crippen molar-refractivity contribution in [3.8, 4) is 0 Å². The third-order valence-corrected chi connectivity index (χ3v) is 3.47. The van der Waals surface area contributed by atoms with Gasteiger partial charge in [-0.3, -0.25) is 4.98 Å². The minimum atomic E-state index is -0.0235. The largest absolute Gasteiger partial charge is 0.377 e. The molecule has 0 atom stereocenters. The zero-order valence-electron chi connectivity index (χ0n) is 13.0. The van der Waals surface area contributed by atoms with E-state index in [0.29, 0.717) is 5.92 Å². The Kier molecular flexibility index (Phi) is 4.94. The van der Waals surface area contributed by atoms with Gasteiger partial charge in [-0.05, 0) is 26.3 Å². The second kappa shape index (κ2) is 6.50. The summed E-state index contributed by atoms with van der Waals surface area (Å²) in [7, 11) is 0. The Morgan fingerprint density at radius 1 is 1.35 bits per heavy atom. The first-order valence-electron chi connectivity index (χ1n) is 7.36. The minimum Gasteiger partial charge on any atom is -0.377 e. The molecule has 1 saturated heterocycles. The van der Waals surface area contributed by atoms with E-state index in [1.165, 1.54) is 0 Å². The van der Waals surface area contributed by atoms with Crippen LogP contribution < -0.4 is 10.2 Å². The van der Waals surface area contributed by atoms with Crippen molar-refractivity contribution >= 4 is 5.82 Å². The van der Waals surface area contributed by atoms with Gasteiger partial charge in [-0.2, -0.15) is 0 Å². The van der Waals surface area contributed by atoms with E-state index in [4.69, 9.17) is 4.74 Å². The van der Waals surface area contributed by atoms with Gasteiger partial charge >= 0.3 is 0 Å². The molecule has 20 heavy (non-hydrogen) atoms. The summed E-state index contributed by atoms with van der Waals surface area (Å²) in [5, 5.41) is 3.38. The predicted molar refractivity (Wildman–Crippen MR) is 80.8 cm³/mol. The third kappa shape index (κ3) is 3.90. The fourth-order valence-corrected chi connectivity index (χ4v) is 2.35. The predicted octanol–water partition coefficient (Wildman–Crippen LogP) is 1.84. The lowest BCUT2D eigenvalue weighted by Crippen LogP contribution is -2.53. The molecule has 0 aromatic carbocycles. The van der Waals surface area contributed by atoms with Crippen molar-refractivity contribution in [2.75, 3.05) is 31.2 Å². The number of rotatable bonds is 5. The lowest BCUT2D eigenvalue weighted by molar-refractivity contribution is 0.0638. The fourth-order valence-electron chi connectivity index (χ4n) is 2.35. The minimum absolute atomic E-state index is 0.0235. The molecule has 2 heterocycles. The number of nitrogens with zero attached hydrogens (tertiary/aromatic N) is 3. The maximum atomic E-state index is 5.54. The SMILES string of the molecule is CC(C)CNCc1cnc(N2CCOCC2(C)C)cn1. The smallest absolute Gasteiger partial charge is 0.147 e. The van der Waals surface area contributed by atoms with Crippen molar-refractivity contribution in [1.29, 1.82) is 0 Å². The fraction of sp³-hybridized carbons (Fsp3) is 0.733. The molecule has 5 nitrogen and oxygen atoms in total. The summed E-state index contributed by atoms with van der Waals surface area (Å²) in [6.07, 6.45) is 3.74. The molecule has 1 aliphatic rings. The summed E-state index contributed by atoms with van der Waals surface area (Å²) in [4.78, 5) is 11.3. The number of nitrogens with one attached hydrogen (secondary N) is 1. The van der Waals surface area contributed by atoms with Gasteiger partial charge in [0.2, 0.25) is 0 Å². The topological polar surface area (TPSA) is 50.3 Å². The van der Waals surface area contributed by atoms with Crippen LogP contribution in [0.4, 0.5) is 5.82 Å². The molecule has 0 aliphatic carbocycles. The number of hydrogen-bond donors (Lipinski definition) is 1. The molecular formula is C15H26N4O. The van der Waals surface area contributed by atoms with Crippen molar-refractivity contribution in [2.45, 2.75) is 39.8 Å². The van der Waals surface area contributed by atoms with Gasteiger partial charge in [0.05, 0.1) is 36.8 Å². The molecule has 0 radical (unpaired) electrons. The maximum Gasteiger partial charge on any atom is 0.147 e. The molecule has 5 heteroatoms. The highest BCUT2D eigenvalue weighted by molar-refractivity contribution is 5.40. The molecule has 0 spiro atoms. The van der Waals surface area contributed by atoms with E-state index < -0.39 is 0 Å². The van der Waals surface area contributed by atoms with Crippen LogP contribution in [-0.4, -0.2) is 41.8 Å². The van der Waals surface area contributed by atoms with Gasteiger partial charge in [-0.25, -0.2) is 4.98 Å². The molecular weight excluding hydrogens is 252 g/mol. The van der Waals surface area contributed by atoms with Gasteiger partial charge in [0, 0.05) is 13.1 Å². The highest BCUT2D eigenvalue weighted by Crippen LogP contribution is 2.24. The molecule has 0 unspecified atom stereocenters. The van der Waals surface area contributed by atoms with Crippen LogP contribution in [0.2, 0.25) is 0 Å². The Hall–Kier alpha value is -1.20. The second-order valence-corrected chi connectivity index (χ2v) is 6.41. The van der Waals surface area contributed by atoms with E-state index >= 15 is 0 Å². The van der Waals surface area contributed by atoms with Gasteiger partial charge < -0.3 is 15.0 Å². The molecule has 0 saturated carbocycles. The lowest BCUT2D eigenvalue weighted by Gasteiger charge is -2.42. The Balaban J connectivity index is 1.97. The Morgan fingerprint density at radius 3 is 2.75 bits per heavy atom. The summed E-state index contributed by atoms with van der Waals surface area (Å²) in [6, 6.07) is 0. The Morgan fingerprint density at radius 2 is 2.15 bits per heavy atom. The zero-order valence-corrected chi connectivity index (χ0v) is 13.0. The molecule has 1 aromatic rings. The molecule has 1 N–H and O–H groups in total. The Bertz CT molecular complexity index is 416. The average molecular weight is 278 g/mol. The van der Waals surface area contributed by atoms with Crippen LogP contribution in [0.25, 0.3) is 0 Å². The molecule has 1 fully saturated rings. The van der Waals surface area contributed by atoms with Crippen molar-refractivity contribution in [2.24, 2.45) is 5.92 Å². The molecule has 1 aromatic heterocycles. The average Bonchev–Trinajstić information content (AvgIpc) is 2.39. The monoisotopic (exact) mass is 278 g/mol. The van der Waals surface area contributed by atoms with E-state index in [1.807, 2.05) is 12.4 Å². The van der Waals surface area contributed by atoms with E-state index in [9.17, 15) is 0 Å². The number of hydrogen-bond acceptors (Lipinski definition) is 5. The summed E-state index contributed by atoms with van der Waals surface area (Å²) in [5.41, 5.74) is 0.963. The van der Waals surface area contributed by atoms with E-state index in [1.54, 1.807) is 0 Å². The van der Waals surface area contributed by atoms with Crippen LogP contribution in [0.3, 0.4) is 0 Å². The lowest BCUT2D eigenvalue weighted by atomic mass is 10.0. The molecule has 0 amide bonds. The zero-order chi connectivity index (χ0) is 14.6. The summed E-state index contributed by atoms with van der Waals surface area (Å²) in [5.74, 6) is 1.59. The van der Waals surface area contributed by atoms with E-state index in [-0.39, 0.29) is 5.54 Å². The highest BCUT2D eigenvalue weighted by atomic mass is 16.5. The standard InChI is InChI=1S/C15H26N4O/c1-12(2)7-16-8-13-9-18-14(10-17-13)19-5-6-20-11-15(19,3)4/h9-10,12,16H,5-8,11H2,1-4H3. The van der Waals surface area contributed by atoms with Gasteiger partial charge in [-0.15, -0.1) is 0 Å². The molecule has 112 valence electrons. The second-order valence-electron chi connectivity index (χ2n) is 6.41. The van der Waals surface area contributed by atoms with Gasteiger partial charge in [-0.1, -0.05) is 13.8 Å². The molecule has 2 rings (SSSR count). The highest BCUT2D eigenvalue weighted by Gasteiger charge is 2.31. The first kappa shape index (κ1) is 15.2. The van der Waals surface area contributed by atoms with Crippen LogP contribution in [0, 0.1) is 5.92 Å². The van der Waals surface area contributed by atoms with Crippen LogP contribution in [0.15, 0.2) is 12.4 Å². The third-order valence-electron chi connectivity index (χ3n) is 3.47. The summed E-state index contributed by atoms with van der Waals surface area (Å²) >= 11 is 0. The normalized spacial score (nSPS) is 18.6. The maximum absolute atomic E-state index is 5.54. The van der Waals surface area contributed by atoms with Gasteiger partial charge in [0.1, 0.15) is 5.82 Å². The number of morpholine rings is 1. The molecule has 0 bridgehead atoms. The number of anilines is 1. The van der Waals surface area contributed by atoms with Crippen LogP contribution >= 0.6 is 0 Å². The van der Waals surface area contributed by atoms with Gasteiger partial charge in [0.15, 0.2) is 0 Å². The van der Waals surface area contributed by atoms with Crippen molar-refractivity contribution in [3.63, 3.8) is 0 Å². The quantitative estimate of drug-likeness (QED) is 0.890. The number of aromatic nitrogens is 2. The van der Waals surface area contributed by atoms with Crippen molar-refractivity contribution in [3.05, 3.63) is 18.1 Å². The van der Waals surface area contributed by atoms with Crippen molar-refractivity contribution < 1.29 is 4.74 Å². The number of ether oxygens (including phenoxy) is 1. The van der Waals surface area contributed by atoms with Gasteiger partial charge in [0.25, 0.3) is 0 Å². The molecule has 1 aliphatic heterocycles. The van der Waals surface area contributed by atoms with Crippen molar-refractivity contribution in [1.82, 2.24) is 15.3 Å². The summed E-state index contributed by atoms with van der Waals surface area (Å²) in [6.45, 7) is 12.9.